The molecule has 4 heteroatoms. The van der Waals surface area contributed by atoms with Crippen molar-refractivity contribution in [2.75, 3.05) is 19.8 Å². The summed E-state index contributed by atoms with van der Waals surface area (Å²) in [5, 5.41) is 0. The number of hydrogen-bond donors (Lipinski definition) is 0. The van der Waals surface area contributed by atoms with Gasteiger partial charge in [0.1, 0.15) is 0 Å². The van der Waals surface area contributed by atoms with Crippen LogP contribution >= 0.6 is 0 Å². The van der Waals surface area contributed by atoms with Gasteiger partial charge < -0.3 is 14.4 Å². The lowest BCUT2D eigenvalue weighted by Crippen LogP contribution is -2.51. The Morgan fingerprint density at radius 2 is 2.06 bits per heavy atom. The molecule has 2 heterocycles. The van der Waals surface area contributed by atoms with Crippen LogP contribution in [-0.2, 0) is 14.3 Å². The molecule has 90 valence electrons. The maximum atomic E-state index is 11.8. The zero-order valence-electron chi connectivity index (χ0n) is 9.94. The number of carbonyl (C=O) groups excluding carboxylic acids is 1. The van der Waals surface area contributed by atoms with Crippen molar-refractivity contribution in [3.63, 3.8) is 0 Å². The number of carbonyl (C=O) groups is 1. The summed E-state index contributed by atoms with van der Waals surface area (Å²) in [6, 6.07) is 0.0606. The predicted molar refractivity (Wildman–Crippen MR) is 59.8 cm³/mol. The van der Waals surface area contributed by atoms with Crippen LogP contribution in [0.15, 0.2) is 12.7 Å². The highest BCUT2D eigenvalue weighted by atomic mass is 16.7. The molecule has 2 aliphatic rings. The van der Waals surface area contributed by atoms with Gasteiger partial charge in [0.25, 0.3) is 0 Å². The van der Waals surface area contributed by atoms with Crippen molar-refractivity contribution in [1.29, 1.82) is 0 Å². The number of nitrogens with zero attached hydrogens (tertiary/aromatic N) is 1. The third-order valence-corrected chi connectivity index (χ3v) is 3.21. The molecule has 0 aromatic carbocycles. The van der Waals surface area contributed by atoms with Crippen molar-refractivity contribution in [2.45, 2.75) is 32.1 Å². The van der Waals surface area contributed by atoms with Crippen LogP contribution in [0.1, 0.15) is 20.3 Å². The molecule has 0 bridgehead atoms. The number of likely N-dealkylation sites (tertiary alicyclic amines) is 1. The molecule has 2 rings (SSSR count). The Bertz CT molecular complexity index is 291. The van der Waals surface area contributed by atoms with Crippen molar-refractivity contribution in [3.05, 3.63) is 12.7 Å². The van der Waals surface area contributed by atoms with E-state index in [4.69, 9.17) is 9.47 Å². The number of ether oxygens (including phenoxy) is 2. The van der Waals surface area contributed by atoms with E-state index in [1.54, 1.807) is 0 Å². The van der Waals surface area contributed by atoms with Crippen molar-refractivity contribution < 1.29 is 14.3 Å². The summed E-state index contributed by atoms with van der Waals surface area (Å²) in [5.41, 5.74) is 0. The molecule has 0 saturated carbocycles. The third-order valence-electron chi connectivity index (χ3n) is 3.21. The van der Waals surface area contributed by atoms with Crippen LogP contribution < -0.4 is 0 Å². The first kappa shape index (κ1) is 11.6. The zero-order valence-corrected chi connectivity index (χ0v) is 9.94. The largest absolute Gasteiger partial charge is 0.348 e. The van der Waals surface area contributed by atoms with Gasteiger partial charge in [-0.3, -0.25) is 4.79 Å². The topological polar surface area (TPSA) is 38.8 Å². The minimum Gasteiger partial charge on any atom is -0.348 e. The Labute approximate surface area is 96.2 Å². The quantitative estimate of drug-likeness (QED) is 0.662. The summed E-state index contributed by atoms with van der Waals surface area (Å²) in [4.78, 5) is 13.6. The molecule has 2 saturated heterocycles. The molecule has 0 aromatic rings. The minimum atomic E-state index is -0.517. The van der Waals surface area contributed by atoms with Gasteiger partial charge in [0.2, 0.25) is 5.91 Å². The minimum absolute atomic E-state index is 0.0606. The Kier molecular flexibility index (Phi) is 3.04. The molecule has 2 fully saturated rings. The highest BCUT2D eigenvalue weighted by Gasteiger charge is 2.37. The Hall–Kier alpha value is -0.870. The fourth-order valence-electron chi connectivity index (χ4n) is 2.13. The summed E-state index contributed by atoms with van der Waals surface area (Å²) < 4.78 is 11.1. The third kappa shape index (κ3) is 2.28. The molecular weight excluding hydrogens is 206 g/mol. The fraction of sp³-hybridized carbons (Fsp3) is 0.750. The summed E-state index contributed by atoms with van der Waals surface area (Å²) in [6.45, 7) is 9.39. The molecule has 0 N–H and O–H groups in total. The first-order valence-corrected chi connectivity index (χ1v) is 5.72. The van der Waals surface area contributed by atoms with Gasteiger partial charge in [0.15, 0.2) is 5.79 Å². The second-order valence-electron chi connectivity index (χ2n) is 4.92. The van der Waals surface area contributed by atoms with Crippen LogP contribution in [-0.4, -0.2) is 42.4 Å². The molecule has 1 amide bonds. The second-order valence-corrected chi connectivity index (χ2v) is 4.92. The summed E-state index contributed by atoms with van der Waals surface area (Å²) in [7, 11) is 0. The standard InChI is InChI=1S/C12H19NO3/c1-4-9-5-11(14)13(6-9)10-7-15-12(2,3)16-8-10/h4,9-10H,1,5-8H2,2-3H3. The predicted octanol–water partition coefficient (Wildman–Crippen LogP) is 1.17. The van der Waals surface area contributed by atoms with Crippen molar-refractivity contribution in [2.24, 2.45) is 5.92 Å². The van der Waals surface area contributed by atoms with Gasteiger partial charge >= 0.3 is 0 Å². The van der Waals surface area contributed by atoms with E-state index < -0.39 is 5.79 Å². The van der Waals surface area contributed by atoms with E-state index in [0.29, 0.717) is 19.6 Å². The van der Waals surface area contributed by atoms with Crippen LogP contribution in [0.2, 0.25) is 0 Å². The number of amides is 1. The maximum absolute atomic E-state index is 11.8. The average molecular weight is 225 g/mol. The molecular formula is C12H19NO3. The summed E-state index contributed by atoms with van der Waals surface area (Å²) >= 11 is 0. The van der Waals surface area contributed by atoms with E-state index in [9.17, 15) is 4.79 Å². The lowest BCUT2D eigenvalue weighted by Gasteiger charge is -2.38. The molecule has 4 nitrogen and oxygen atoms in total. The molecule has 16 heavy (non-hydrogen) atoms. The molecule has 0 spiro atoms. The Balaban J connectivity index is 1.94. The summed E-state index contributed by atoms with van der Waals surface area (Å²) in [6.07, 6.45) is 2.43. The van der Waals surface area contributed by atoms with Crippen molar-refractivity contribution in [1.82, 2.24) is 4.90 Å². The maximum Gasteiger partial charge on any atom is 0.223 e. The summed E-state index contributed by atoms with van der Waals surface area (Å²) in [5.74, 6) is -0.0545. The molecule has 2 aliphatic heterocycles. The van der Waals surface area contributed by atoms with Gasteiger partial charge in [0.05, 0.1) is 19.3 Å². The first-order valence-electron chi connectivity index (χ1n) is 5.72. The van der Waals surface area contributed by atoms with Crippen LogP contribution in [0.3, 0.4) is 0 Å². The van der Waals surface area contributed by atoms with Gasteiger partial charge in [-0.1, -0.05) is 6.08 Å². The Morgan fingerprint density at radius 3 is 2.56 bits per heavy atom. The lowest BCUT2D eigenvalue weighted by atomic mass is 10.1. The van der Waals surface area contributed by atoms with Crippen LogP contribution in [0.4, 0.5) is 0 Å². The molecule has 0 aromatic heterocycles. The van der Waals surface area contributed by atoms with Crippen molar-refractivity contribution >= 4 is 5.91 Å². The lowest BCUT2D eigenvalue weighted by molar-refractivity contribution is -0.262. The molecule has 1 atom stereocenters. The normalized spacial score (nSPS) is 30.8. The van der Waals surface area contributed by atoms with Gasteiger partial charge in [-0.05, 0) is 13.8 Å². The second kappa shape index (κ2) is 4.18. The van der Waals surface area contributed by atoms with E-state index >= 15 is 0 Å². The smallest absolute Gasteiger partial charge is 0.223 e. The SMILES string of the molecule is C=CC1CC(=O)N(C2COC(C)(C)OC2)C1. The van der Waals surface area contributed by atoms with E-state index in [-0.39, 0.29) is 17.9 Å². The number of rotatable bonds is 2. The van der Waals surface area contributed by atoms with Gasteiger partial charge in [-0.25, -0.2) is 0 Å². The molecule has 0 aliphatic carbocycles. The van der Waals surface area contributed by atoms with Gasteiger partial charge in [-0.15, -0.1) is 6.58 Å². The highest BCUT2D eigenvalue weighted by molar-refractivity contribution is 5.79. The monoisotopic (exact) mass is 225 g/mol. The fourth-order valence-corrected chi connectivity index (χ4v) is 2.13. The zero-order chi connectivity index (χ0) is 11.8. The van der Waals surface area contributed by atoms with Crippen LogP contribution in [0, 0.1) is 5.92 Å². The van der Waals surface area contributed by atoms with E-state index in [0.717, 1.165) is 6.54 Å². The highest BCUT2D eigenvalue weighted by Crippen LogP contribution is 2.25. The average Bonchev–Trinajstić information content (AvgIpc) is 2.60. The van der Waals surface area contributed by atoms with Gasteiger partial charge in [-0.2, -0.15) is 0 Å². The van der Waals surface area contributed by atoms with Crippen molar-refractivity contribution in [3.8, 4) is 0 Å². The molecule has 1 unspecified atom stereocenters. The van der Waals surface area contributed by atoms with E-state index in [2.05, 4.69) is 6.58 Å². The molecule has 0 radical (unpaired) electrons. The Morgan fingerprint density at radius 1 is 1.44 bits per heavy atom. The van der Waals surface area contributed by atoms with E-state index in [1.165, 1.54) is 0 Å². The van der Waals surface area contributed by atoms with Crippen LogP contribution in [0.25, 0.3) is 0 Å². The van der Waals surface area contributed by atoms with E-state index in [1.807, 2.05) is 24.8 Å². The first-order chi connectivity index (χ1) is 7.52. The van der Waals surface area contributed by atoms with Crippen LogP contribution in [0.5, 0.6) is 0 Å². The number of hydrogen-bond acceptors (Lipinski definition) is 3. The van der Waals surface area contributed by atoms with Gasteiger partial charge in [0, 0.05) is 18.9 Å².